The van der Waals surface area contributed by atoms with Gasteiger partial charge in [0.25, 0.3) is 0 Å². The number of methoxy groups -OCH3 is 1. The average Bonchev–Trinajstić information content (AvgIpc) is 1.81. The van der Waals surface area contributed by atoms with Gasteiger partial charge in [-0.05, 0) is 122 Å². The summed E-state index contributed by atoms with van der Waals surface area (Å²) in [7, 11) is 1.70. The Morgan fingerprint density at radius 3 is 0.266 bits per heavy atom. The first-order valence-electron chi connectivity index (χ1n) is 52.5. The minimum absolute atomic E-state index is 0.285. The zero-order chi connectivity index (χ0) is 98.5. The summed E-state index contributed by atoms with van der Waals surface area (Å²) in [4.78, 5) is 0. The monoisotopic (exact) mass is 2030 g/mol. The molecule has 834 valence electrons. The van der Waals surface area contributed by atoms with Crippen molar-refractivity contribution in [1.29, 1.82) is 0 Å². The maximum Gasteiger partial charge on any atom is 0.104 e. The van der Waals surface area contributed by atoms with Gasteiger partial charge in [-0.2, -0.15) is 0 Å². The Balaban J connectivity index is 1.57. The fourth-order valence-electron chi connectivity index (χ4n) is 11.4. The largest absolute Gasteiger partial charge is 0.385 e. The SMILES string of the molecule is COCCCOCCCOCCCOCCCOCCCOCCCOCCCOCCCOCCCOCCCOCCCOCCCOCCCOCCCOCCCOCCCOCCCOCCCOCCCOCCOCCOCCOCCOCCOCCOCCOCCOCCOCCOCCOCCOCCOCCOCCOCCOCCOCCOCCOCC1CO1. The van der Waals surface area contributed by atoms with Gasteiger partial charge in [-0.3, -0.25) is 0 Å². The van der Waals surface area contributed by atoms with E-state index >= 15 is 0 Å². The third kappa shape index (κ3) is 131. The van der Waals surface area contributed by atoms with Gasteiger partial charge in [0, 0.05) is 258 Å². The van der Waals surface area contributed by atoms with E-state index in [1.54, 1.807) is 7.11 Å². The first kappa shape index (κ1) is 135. The zero-order valence-corrected chi connectivity index (χ0v) is 86.5. The fraction of sp³-hybridized carbons (Fsp3) is 1.00. The summed E-state index contributed by atoms with van der Waals surface area (Å²) in [6, 6.07) is 0. The quantitative estimate of drug-likeness (QED) is 0.0410. The molecule has 1 aliphatic rings. The van der Waals surface area contributed by atoms with Gasteiger partial charge in [0.1, 0.15) is 6.10 Å². The molecule has 0 N–H and O–H groups in total. The van der Waals surface area contributed by atoms with E-state index < -0.39 is 0 Å². The second-order valence-electron chi connectivity index (χ2n) is 31.4. The predicted molar refractivity (Wildman–Crippen MR) is 520 cm³/mol. The van der Waals surface area contributed by atoms with Gasteiger partial charge in [0.05, 0.1) is 264 Å². The first-order chi connectivity index (χ1) is 69.4. The Bertz CT molecular complexity index is 1920. The molecule has 0 radical (unpaired) electrons. The van der Waals surface area contributed by atoms with Crippen LogP contribution in [0.5, 0.6) is 0 Å². The van der Waals surface area contributed by atoms with Crippen LogP contribution in [0.15, 0.2) is 0 Å². The molecule has 0 saturated carbocycles. The molecule has 1 rings (SSSR count). The van der Waals surface area contributed by atoms with Crippen LogP contribution in [0, 0.1) is 0 Å². The summed E-state index contributed by atoms with van der Waals surface area (Å²) < 4.78 is 223. The van der Waals surface area contributed by atoms with Gasteiger partial charge in [-0.25, -0.2) is 0 Å². The van der Waals surface area contributed by atoms with Crippen molar-refractivity contribution < 1.29 is 189 Å². The van der Waals surface area contributed by atoms with E-state index in [0.717, 1.165) is 162 Å². The normalized spacial score (nSPS) is 12.8. The van der Waals surface area contributed by atoms with Crippen molar-refractivity contribution in [3.63, 3.8) is 0 Å². The van der Waals surface area contributed by atoms with Crippen molar-refractivity contribution in [2.75, 3.05) is 522 Å². The van der Waals surface area contributed by atoms with Crippen molar-refractivity contribution >= 4 is 0 Å². The van der Waals surface area contributed by atoms with E-state index in [0.29, 0.717) is 476 Å². The van der Waals surface area contributed by atoms with E-state index in [9.17, 15) is 0 Å². The van der Waals surface area contributed by atoms with Crippen LogP contribution in [0.4, 0.5) is 0 Å². The third-order valence-electron chi connectivity index (χ3n) is 18.8. The lowest BCUT2D eigenvalue weighted by atomic mass is 10.4. The minimum atomic E-state index is 0.285. The molecule has 40 heteroatoms. The van der Waals surface area contributed by atoms with Crippen molar-refractivity contribution in [3.8, 4) is 0 Å². The van der Waals surface area contributed by atoms with Crippen molar-refractivity contribution in [2.45, 2.75) is 128 Å². The lowest BCUT2D eigenvalue weighted by Crippen LogP contribution is -2.16. The molecule has 0 aliphatic carbocycles. The van der Waals surface area contributed by atoms with E-state index in [4.69, 9.17) is 189 Å². The second kappa shape index (κ2) is 131. The Morgan fingerprint density at radius 2 is 0.180 bits per heavy atom. The van der Waals surface area contributed by atoms with Crippen LogP contribution in [0.1, 0.15) is 122 Å². The van der Waals surface area contributed by atoms with Crippen LogP contribution in [-0.4, -0.2) is 529 Å². The Morgan fingerprint density at radius 1 is 0.108 bits per heavy atom. The molecule has 139 heavy (non-hydrogen) atoms. The highest BCUT2D eigenvalue weighted by molar-refractivity contribution is 4.67. The van der Waals surface area contributed by atoms with Gasteiger partial charge < -0.3 is 189 Å². The van der Waals surface area contributed by atoms with Crippen molar-refractivity contribution in [3.05, 3.63) is 0 Å². The fourth-order valence-corrected chi connectivity index (χ4v) is 11.4. The van der Waals surface area contributed by atoms with Crippen LogP contribution in [-0.2, 0) is 189 Å². The lowest BCUT2D eigenvalue weighted by Gasteiger charge is -2.09. The van der Waals surface area contributed by atoms with Crippen LogP contribution >= 0.6 is 0 Å². The van der Waals surface area contributed by atoms with E-state index in [1.165, 1.54) is 0 Å². The average molecular weight is 2030 g/mol. The third-order valence-corrected chi connectivity index (χ3v) is 18.8. The van der Waals surface area contributed by atoms with E-state index in [1.807, 2.05) is 0 Å². The van der Waals surface area contributed by atoms with Crippen LogP contribution < -0.4 is 0 Å². The van der Waals surface area contributed by atoms with E-state index in [-0.39, 0.29) is 6.10 Å². The number of rotatable bonds is 135. The molecular weight excluding hydrogens is 1830 g/mol. The highest BCUT2D eigenvalue weighted by Gasteiger charge is 2.22. The maximum atomic E-state index is 5.73. The smallest absolute Gasteiger partial charge is 0.104 e. The highest BCUT2D eigenvalue weighted by Crippen LogP contribution is 2.09. The summed E-state index contributed by atoms with van der Waals surface area (Å²) in [5, 5.41) is 0. The number of epoxide rings is 1. The summed E-state index contributed by atoms with van der Waals surface area (Å²) >= 11 is 0. The zero-order valence-electron chi connectivity index (χ0n) is 86.5. The summed E-state index contributed by atoms with van der Waals surface area (Å²) in [6.45, 7) is 46.7. The molecule has 1 atom stereocenters. The Kier molecular flexibility index (Phi) is 127. The lowest BCUT2D eigenvalue weighted by molar-refractivity contribution is -0.0314. The standard InChI is InChI=1S/C99H198O40/c1-100-21-2-22-101-23-3-24-102-25-4-26-103-27-5-28-104-29-6-30-105-31-7-32-106-33-8-34-107-35-9-36-108-37-10-38-109-39-11-40-110-41-12-42-111-43-13-44-112-45-14-46-113-47-15-48-114-49-16-50-115-51-17-52-116-53-18-54-117-55-19-56-118-57-20-58-119-59-60-120-61-62-121-63-64-122-65-66-123-67-68-124-69-70-125-71-72-126-73-74-127-75-76-128-77-78-129-79-80-130-81-82-131-83-84-132-85-86-133-87-88-134-89-90-135-91-92-136-93-94-137-95-96-138-97-99-98-139-99/h99H,2-98H2,1H3. The molecule has 0 spiro atoms. The van der Waals surface area contributed by atoms with Crippen molar-refractivity contribution in [1.82, 2.24) is 0 Å². The van der Waals surface area contributed by atoms with Crippen molar-refractivity contribution in [2.24, 2.45) is 0 Å². The Hall–Kier alpha value is -1.60. The molecule has 1 saturated heterocycles. The van der Waals surface area contributed by atoms with E-state index in [2.05, 4.69) is 0 Å². The van der Waals surface area contributed by atoms with Gasteiger partial charge in [-0.1, -0.05) is 0 Å². The van der Waals surface area contributed by atoms with Crippen LogP contribution in [0.3, 0.4) is 0 Å². The molecule has 0 amide bonds. The molecular formula is C99H198O40. The van der Waals surface area contributed by atoms with Crippen LogP contribution in [0.2, 0.25) is 0 Å². The molecule has 1 fully saturated rings. The van der Waals surface area contributed by atoms with Gasteiger partial charge in [0.15, 0.2) is 0 Å². The summed E-state index contributed by atoms with van der Waals surface area (Å²) in [5.41, 5.74) is 0. The number of hydrogen-bond donors (Lipinski definition) is 0. The molecule has 40 nitrogen and oxygen atoms in total. The molecule has 0 aromatic heterocycles. The topological polar surface area (TPSA) is 373 Å². The Labute approximate surface area is 836 Å². The van der Waals surface area contributed by atoms with Gasteiger partial charge >= 0.3 is 0 Å². The molecule has 0 bridgehead atoms. The second-order valence-corrected chi connectivity index (χ2v) is 31.4. The van der Waals surface area contributed by atoms with Crippen LogP contribution in [0.25, 0.3) is 0 Å². The first-order valence-corrected chi connectivity index (χ1v) is 52.5. The maximum absolute atomic E-state index is 5.73. The van der Waals surface area contributed by atoms with Gasteiger partial charge in [-0.15, -0.1) is 0 Å². The molecule has 1 heterocycles. The summed E-state index contributed by atoms with van der Waals surface area (Å²) in [5.74, 6) is 0. The minimum Gasteiger partial charge on any atom is -0.385 e. The predicted octanol–water partition coefficient (Wildman–Crippen LogP) is 8.07. The molecule has 1 aliphatic heterocycles. The molecule has 0 aromatic carbocycles. The highest BCUT2D eigenvalue weighted by atomic mass is 16.6. The molecule has 1 unspecified atom stereocenters. The summed E-state index contributed by atoms with van der Waals surface area (Å²) in [6.07, 6.45) is 17.0. The molecule has 0 aromatic rings. The van der Waals surface area contributed by atoms with Gasteiger partial charge in [0.2, 0.25) is 0 Å². The number of hydrogen-bond acceptors (Lipinski definition) is 40. The number of ether oxygens (including phenoxy) is 40.